The zero-order valence-electron chi connectivity index (χ0n) is 41.6. The summed E-state index contributed by atoms with van der Waals surface area (Å²) in [4.78, 5) is 0. The van der Waals surface area contributed by atoms with E-state index in [0.29, 0.717) is 11.6 Å². The SMILES string of the molecule is CC(C)(C)[Si](C)(C)OCCCCCCCCC[P+](c1ccccc1)(c1ccccc1)c1ccccc1.OCCCCCCCCC[P+](c1ccccc1)(c1ccccc1)c1ccccc1.[Br-].[Br-]. The minimum absolute atomic E-state index is 0. The Bertz CT molecular complexity index is 1930. The number of benzene rings is 6. The molecule has 0 unspecified atom stereocenters. The molecule has 362 valence electrons. The van der Waals surface area contributed by atoms with Gasteiger partial charge in [-0.25, -0.2) is 0 Å². The highest BCUT2D eigenvalue weighted by Crippen LogP contribution is 2.57. The Morgan fingerprint density at radius 1 is 0.358 bits per heavy atom. The molecule has 0 amide bonds. The minimum Gasteiger partial charge on any atom is -1.00 e. The molecule has 0 saturated carbocycles. The molecule has 2 nitrogen and oxygen atoms in total. The molecule has 0 atom stereocenters. The van der Waals surface area contributed by atoms with E-state index in [1.165, 1.54) is 121 Å². The van der Waals surface area contributed by atoms with Gasteiger partial charge in [0.15, 0.2) is 8.32 Å². The van der Waals surface area contributed by atoms with Gasteiger partial charge in [0.25, 0.3) is 0 Å². The van der Waals surface area contributed by atoms with E-state index >= 15 is 0 Å². The van der Waals surface area contributed by atoms with Gasteiger partial charge in [-0.1, -0.05) is 181 Å². The summed E-state index contributed by atoms with van der Waals surface area (Å²) in [5.74, 6) is 0. The predicted molar refractivity (Wildman–Crippen MR) is 295 cm³/mol. The zero-order chi connectivity index (χ0) is 46.1. The van der Waals surface area contributed by atoms with Crippen molar-refractivity contribution in [2.75, 3.05) is 25.5 Å². The molecule has 1 N–H and O–H groups in total. The van der Waals surface area contributed by atoms with Crippen LogP contribution in [0, 0.1) is 0 Å². The normalized spacial score (nSPS) is 11.7. The quantitative estimate of drug-likeness (QED) is 0.0336. The Hall–Kier alpha value is -2.72. The van der Waals surface area contributed by atoms with Gasteiger partial charge in [0, 0.05) is 13.2 Å². The number of rotatable bonds is 26. The molecule has 6 aromatic rings. The molecule has 0 radical (unpaired) electrons. The summed E-state index contributed by atoms with van der Waals surface area (Å²) in [6, 6.07) is 67.4. The standard InChI is InChI=1S/C33H48OPSi.C27H34OP.2BrH/c1-33(2,3)36(4,5)34-28-20-9-7-6-8-10-21-29-35(30-22-14-11-15-23-30,31-24-16-12-17-25-31)32-26-18-13-19-27-32;28-23-15-4-2-1-3-5-16-24-29(25-17-9-6-10-18-25,26-19-11-7-12-20-26)27-21-13-8-14-22-27;;/h11-19,22-27H,6-10,20-21,28-29H2,1-5H3;6-14,17-22,28H,1-5,15-16,23-24H2;2*1H/q2*+1;;/p-2. The van der Waals surface area contributed by atoms with Crippen LogP contribution in [0.4, 0.5) is 0 Å². The lowest BCUT2D eigenvalue weighted by Crippen LogP contribution is -3.00. The maximum atomic E-state index is 8.92. The van der Waals surface area contributed by atoms with Crippen LogP contribution < -0.4 is 65.8 Å². The van der Waals surface area contributed by atoms with Gasteiger partial charge in [0.2, 0.25) is 0 Å². The second-order valence-electron chi connectivity index (χ2n) is 19.4. The molecule has 0 aliphatic rings. The first-order chi connectivity index (χ1) is 31.6. The van der Waals surface area contributed by atoms with E-state index in [2.05, 4.69) is 216 Å². The van der Waals surface area contributed by atoms with Crippen molar-refractivity contribution < 1.29 is 43.5 Å². The van der Waals surface area contributed by atoms with Gasteiger partial charge in [-0.15, -0.1) is 0 Å². The number of unbranched alkanes of at least 4 members (excludes halogenated alkanes) is 12. The van der Waals surface area contributed by atoms with Crippen LogP contribution in [0.3, 0.4) is 0 Å². The van der Waals surface area contributed by atoms with Gasteiger partial charge in [-0.05, 0) is 129 Å². The zero-order valence-corrected chi connectivity index (χ0v) is 47.5. The van der Waals surface area contributed by atoms with Crippen molar-refractivity contribution in [3.63, 3.8) is 0 Å². The molecule has 0 spiro atoms. The molecular formula is C60H82Br2O2P2Si. The van der Waals surface area contributed by atoms with Gasteiger partial charge in [-0.2, -0.15) is 0 Å². The van der Waals surface area contributed by atoms with Crippen LogP contribution in [0.15, 0.2) is 182 Å². The molecule has 0 heterocycles. The molecule has 0 fully saturated rings. The first kappa shape index (κ1) is 58.6. The Labute approximate surface area is 431 Å². The van der Waals surface area contributed by atoms with E-state index in [0.717, 1.165) is 19.4 Å². The highest BCUT2D eigenvalue weighted by molar-refractivity contribution is 7.96. The van der Waals surface area contributed by atoms with E-state index in [-0.39, 0.29) is 34.0 Å². The van der Waals surface area contributed by atoms with Crippen LogP contribution in [0.5, 0.6) is 0 Å². The van der Waals surface area contributed by atoms with Gasteiger partial charge in [0.05, 0.1) is 12.3 Å². The van der Waals surface area contributed by atoms with Gasteiger partial charge < -0.3 is 43.5 Å². The van der Waals surface area contributed by atoms with Crippen molar-refractivity contribution in [3.8, 4) is 0 Å². The minimum atomic E-state index is -1.67. The van der Waals surface area contributed by atoms with Crippen LogP contribution in [-0.4, -0.2) is 39.0 Å². The van der Waals surface area contributed by atoms with Crippen LogP contribution in [0.1, 0.15) is 111 Å². The lowest BCUT2D eigenvalue weighted by molar-refractivity contribution is -0.001000. The van der Waals surface area contributed by atoms with Crippen molar-refractivity contribution in [1.29, 1.82) is 0 Å². The first-order valence-electron chi connectivity index (χ1n) is 25.0. The van der Waals surface area contributed by atoms with E-state index in [9.17, 15) is 0 Å². The molecule has 6 rings (SSSR count). The lowest BCUT2D eigenvalue weighted by Gasteiger charge is -2.36. The second-order valence-corrected chi connectivity index (χ2v) is 31.4. The average molecular weight is 1090 g/mol. The molecule has 0 aliphatic heterocycles. The van der Waals surface area contributed by atoms with Gasteiger partial charge >= 0.3 is 0 Å². The Balaban J connectivity index is 0.000000352. The fourth-order valence-electron chi connectivity index (χ4n) is 8.99. The summed E-state index contributed by atoms with van der Waals surface area (Å²) in [5, 5.41) is 18.2. The third kappa shape index (κ3) is 17.6. The van der Waals surface area contributed by atoms with Crippen molar-refractivity contribution >= 4 is 54.7 Å². The number of hydrogen-bond donors (Lipinski definition) is 1. The molecule has 0 bridgehead atoms. The number of aliphatic hydroxyl groups is 1. The maximum Gasteiger partial charge on any atom is 0.191 e. The fraction of sp³-hybridized carbons (Fsp3) is 0.400. The van der Waals surface area contributed by atoms with Crippen molar-refractivity contribution in [2.45, 2.75) is 129 Å². The third-order valence-corrected chi connectivity index (χ3v) is 27.3. The topological polar surface area (TPSA) is 29.5 Å². The average Bonchev–Trinajstić information content (AvgIpc) is 3.34. The second kappa shape index (κ2) is 31.5. The maximum absolute atomic E-state index is 8.92. The number of halogens is 2. The molecule has 0 aromatic heterocycles. The van der Waals surface area contributed by atoms with E-state index in [1.54, 1.807) is 0 Å². The van der Waals surface area contributed by atoms with Crippen LogP contribution in [0.2, 0.25) is 18.1 Å². The lowest BCUT2D eigenvalue weighted by atomic mass is 10.1. The highest BCUT2D eigenvalue weighted by Gasteiger charge is 2.45. The summed E-state index contributed by atoms with van der Waals surface area (Å²) in [5.41, 5.74) is 0. The summed E-state index contributed by atoms with van der Waals surface area (Å²) >= 11 is 0. The smallest absolute Gasteiger partial charge is 0.191 e. The van der Waals surface area contributed by atoms with Crippen molar-refractivity contribution in [1.82, 2.24) is 0 Å². The molecule has 0 aliphatic carbocycles. The van der Waals surface area contributed by atoms with E-state index in [4.69, 9.17) is 9.53 Å². The number of aliphatic hydroxyl groups excluding tert-OH is 1. The van der Waals surface area contributed by atoms with Gasteiger partial charge in [-0.3, -0.25) is 0 Å². The fourth-order valence-corrected chi connectivity index (χ4v) is 18.9. The molecular weight excluding hydrogens is 1000 g/mol. The largest absolute Gasteiger partial charge is 1.00 e. The van der Waals surface area contributed by atoms with E-state index in [1.807, 2.05) is 0 Å². The molecule has 0 saturated heterocycles. The first-order valence-corrected chi connectivity index (χ1v) is 31.9. The Kier molecular flexibility index (Phi) is 27.5. The monoisotopic (exact) mass is 1080 g/mol. The van der Waals surface area contributed by atoms with Crippen molar-refractivity contribution in [2.24, 2.45) is 0 Å². The molecule has 6 aromatic carbocycles. The van der Waals surface area contributed by atoms with Gasteiger partial charge in [0.1, 0.15) is 46.4 Å². The van der Waals surface area contributed by atoms with Crippen LogP contribution >= 0.6 is 14.5 Å². The summed E-state index contributed by atoms with van der Waals surface area (Å²) in [6.07, 6.45) is 20.0. The number of hydrogen-bond acceptors (Lipinski definition) is 2. The van der Waals surface area contributed by atoms with E-state index < -0.39 is 22.8 Å². The Morgan fingerprint density at radius 2 is 0.582 bits per heavy atom. The van der Waals surface area contributed by atoms with Crippen LogP contribution in [0.25, 0.3) is 0 Å². The highest BCUT2D eigenvalue weighted by atomic mass is 79.9. The molecule has 67 heavy (non-hydrogen) atoms. The predicted octanol–water partition coefficient (Wildman–Crippen LogP) is 8.44. The molecule has 7 heteroatoms. The summed E-state index contributed by atoms with van der Waals surface area (Å²) in [6.45, 7) is 13.0. The Morgan fingerprint density at radius 3 is 0.821 bits per heavy atom. The summed E-state index contributed by atoms with van der Waals surface area (Å²) < 4.78 is 6.35. The van der Waals surface area contributed by atoms with Crippen molar-refractivity contribution in [3.05, 3.63) is 182 Å². The summed E-state index contributed by atoms with van der Waals surface area (Å²) in [7, 11) is -4.91. The van der Waals surface area contributed by atoms with Crippen LogP contribution in [-0.2, 0) is 4.43 Å². The third-order valence-electron chi connectivity index (χ3n) is 13.7.